The summed E-state index contributed by atoms with van der Waals surface area (Å²) in [5.41, 5.74) is -1.00. The van der Waals surface area contributed by atoms with Gasteiger partial charge in [-0.25, -0.2) is 4.79 Å². The quantitative estimate of drug-likeness (QED) is 0.673. The van der Waals surface area contributed by atoms with E-state index < -0.39 is 17.3 Å². The normalized spacial score (nSPS) is 9.07. The lowest BCUT2D eigenvalue weighted by atomic mass is 10.0. The molecule has 0 atom stereocenters. The second-order valence-corrected chi connectivity index (χ2v) is 2.46. The number of nitriles is 1. The van der Waals surface area contributed by atoms with E-state index in [0.29, 0.717) is 0 Å². The molecule has 0 spiro atoms. The van der Waals surface area contributed by atoms with Crippen LogP contribution in [0.4, 0.5) is 0 Å². The van der Waals surface area contributed by atoms with E-state index in [1.807, 2.05) is 0 Å². The molecule has 1 aromatic rings. The molecule has 0 amide bonds. The van der Waals surface area contributed by atoms with Gasteiger partial charge in [-0.15, -0.1) is 0 Å². The van der Waals surface area contributed by atoms with Crippen LogP contribution in [0.25, 0.3) is 0 Å². The highest BCUT2D eigenvalue weighted by atomic mass is 16.4. The predicted octanol–water partition coefficient (Wildman–Crippen LogP) is 0.775. The molecule has 70 valence electrons. The third-order valence-electron chi connectivity index (χ3n) is 1.67. The fourth-order valence-electron chi connectivity index (χ4n) is 1.05. The number of phenolic OH excluding ortho intramolecular Hbond substituents is 1. The Hall–Kier alpha value is -2.35. The van der Waals surface area contributed by atoms with Gasteiger partial charge in [0.1, 0.15) is 11.8 Å². The van der Waals surface area contributed by atoms with Crippen LogP contribution >= 0.6 is 0 Å². The van der Waals surface area contributed by atoms with Crippen molar-refractivity contribution in [2.75, 3.05) is 0 Å². The first kappa shape index (κ1) is 9.74. The van der Waals surface area contributed by atoms with Gasteiger partial charge in [-0.1, -0.05) is 0 Å². The molecule has 0 unspecified atom stereocenters. The lowest BCUT2D eigenvalue weighted by Crippen LogP contribution is -2.05. The average molecular weight is 191 g/mol. The van der Waals surface area contributed by atoms with Gasteiger partial charge in [0, 0.05) is 0 Å². The van der Waals surface area contributed by atoms with Crippen molar-refractivity contribution in [3.8, 4) is 11.8 Å². The fourth-order valence-corrected chi connectivity index (χ4v) is 1.05. The molecule has 0 aliphatic rings. The van der Waals surface area contributed by atoms with E-state index in [1.54, 1.807) is 6.07 Å². The van der Waals surface area contributed by atoms with Gasteiger partial charge in [0.15, 0.2) is 6.29 Å². The number of carbonyl (C=O) groups is 2. The zero-order chi connectivity index (χ0) is 10.7. The highest BCUT2D eigenvalue weighted by Crippen LogP contribution is 2.22. The van der Waals surface area contributed by atoms with E-state index in [2.05, 4.69) is 0 Å². The van der Waals surface area contributed by atoms with Crippen LogP contribution in [0.3, 0.4) is 0 Å². The summed E-state index contributed by atoms with van der Waals surface area (Å²) < 4.78 is 0. The Morgan fingerprint density at radius 2 is 2.14 bits per heavy atom. The van der Waals surface area contributed by atoms with Gasteiger partial charge in [-0.05, 0) is 12.1 Å². The van der Waals surface area contributed by atoms with Crippen LogP contribution in [0.1, 0.15) is 26.3 Å². The van der Waals surface area contributed by atoms with Crippen LogP contribution in [0.15, 0.2) is 12.1 Å². The summed E-state index contributed by atoms with van der Waals surface area (Å²) in [5, 5.41) is 26.4. The minimum Gasteiger partial charge on any atom is -0.507 e. The van der Waals surface area contributed by atoms with Gasteiger partial charge in [-0.2, -0.15) is 5.26 Å². The topological polar surface area (TPSA) is 98.4 Å². The molecule has 2 N–H and O–H groups in total. The number of phenols is 1. The van der Waals surface area contributed by atoms with Crippen molar-refractivity contribution in [2.45, 2.75) is 0 Å². The number of aldehydes is 1. The lowest BCUT2D eigenvalue weighted by Gasteiger charge is -2.03. The number of rotatable bonds is 2. The van der Waals surface area contributed by atoms with E-state index in [-0.39, 0.29) is 17.4 Å². The number of carbonyl (C=O) groups excluding carboxylic acids is 1. The predicted molar refractivity (Wildman–Crippen MR) is 45.2 cm³/mol. The Kier molecular flexibility index (Phi) is 2.49. The smallest absolute Gasteiger partial charge is 0.337 e. The first-order valence-electron chi connectivity index (χ1n) is 3.56. The van der Waals surface area contributed by atoms with Crippen molar-refractivity contribution in [1.82, 2.24) is 0 Å². The molecule has 0 aromatic heterocycles. The molecular weight excluding hydrogens is 186 g/mol. The Morgan fingerprint density at radius 3 is 2.57 bits per heavy atom. The number of aromatic carboxylic acids is 1. The summed E-state index contributed by atoms with van der Waals surface area (Å²) >= 11 is 0. The van der Waals surface area contributed by atoms with Gasteiger partial charge in [0.05, 0.1) is 16.7 Å². The Bertz CT molecular complexity index is 445. The molecule has 0 radical (unpaired) electrons. The number of nitrogens with zero attached hydrogens (tertiary/aromatic N) is 1. The SMILES string of the molecule is N#Cc1ccc(O)c(C=O)c1C(=O)O. The summed E-state index contributed by atoms with van der Waals surface area (Å²) in [7, 11) is 0. The van der Waals surface area contributed by atoms with Crippen LogP contribution in [0.5, 0.6) is 5.75 Å². The van der Waals surface area contributed by atoms with Gasteiger partial charge in [-0.3, -0.25) is 4.79 Å². The largest absolute Gasteiger partial charge is 0.507 e. The monoisotopic (exact) mass is 191 g/mol. The number of carboxylic acids is 1. The zero-order valence-corrected chi connectivity index (χ0v) is 6.89. The summed E-state index contributed by atoms with van der Waals surface area (Å²) in [4.78, 5) is 21.2. The third kappa shape index (κ3) is 1.41. The van der Waals surface area contributed by atoms with Crippen molar-refractivity contribution >= 4 is 12.3 Å². The maximum atomic E-state index is 10.7. The maximum absolute atomic E-state index is 10.7. The molecule has 5 nitrogen and oxygen atoms in total. The Balaban J connectivity index is 3.62. The molecular formula is C9H5NO4. The van der Waals surface area contributed by atoms with E-state index in [0.717, 1.165) is 12.1 Å². The summed E-state index contributed by atoms with van der Waals surface area (Å²) in [6.45, 7) is 0. The van der Waals surface area contributed by atoms with Gasteiger partial charge >= 0.3 is 5.97 Å². The third-order valence-corrected chi connectivity index (χ3v) is 1.67. The first-order chi connectivity index (χ1) is 6.61. The van der Waals surface area contributed by atoms with E-state index in [1.165, 1.54) is 0 Å². The van der Waals surface area contributed by atoms with E-state index in [9.17, 15) is 9.59 Å². The lowest BCUT2D eigenvalue weighted by molar-refractivity contribution is 0.0693. The number of hydrogen-bond donors (Lipinski definition) is 2. The van der Waals surface area contributed by atoms with Crippen LogP contribution in [-0.4, -0.2) is 22.5 Å². The minimum absolute atomic E-state index is 0.155. The maximum Gasteiger partial charge on any atom is 0.337 e. The summed E-state index contributed by atoms with van der Waals surface area (Å²) in [5.74, 6) is -1.86. The Labute approximate surface area is 78.8 Å². The molecule has 0 bridgehead atoms. The summed E-state index contributed by atoms with van der Waals surface area (Å²) in [6.07, 6.45) is 0.208. The van der Waals surface area contributed by atoms with Gasteiger partial charge in [0.25, 0.3) is 0 Å². The highest BCUT2D eigenvalue weighted by molar-refractivity contribution is 6.01. The second-order valence-electron chi connectivity index (χ2n) is 2.46. The minimum atomic E-state index is -1.42. The van der Waals surface area contributed by atoms with E-state index in [4.69, 9.17) is 15.5 Å². The molecule has 0 heterocycles. The van der Waals surface area contributed by atoms with Crippen LogP contribution in [0, 0.1) is 11.3 Å². The van der Waals surface area contributed by atoms with Gasteiger partial charge < -0.3 is 10.2 Å². The summed E-state index contributed by atoms with van der Waals surface area (Å²) in [6, 6.07) is 3.88. The molecule has 1 rings (SSSR count). The van der Waals surface area contributed by atoms with Crippen LogP contribution < -0.4 is 0 Å². The first-order valence-corrected chi connectivity index (χ1v) is 3.56. The van der Waals surface area contributed by atoms with Crippen molar-refractivity contribution in [3.63, 3.8) is 0 Å². The van der Waals surface area contributed by atoms with Crippen molar-refractivity contribution in [2.24, 2.45) is 0 Å². The van der Waals surface area contributed by atoms with E-state index >= 15 is 0 Å². The molecule has 5 heteroatoms. The number of aromatic hydroxyl groups is 1. The molecule has 0 saturated heterocycles. The average Bonchev–Trinajstić information content (AvgIpc) is 2.17. The number of hydrogen-bond acceptors (Lipinski definition) is 4. The number of carboxylic acid groups (broad SMARTS) is 1. The van der Waals surface area contributed by atoms with Crippen molar-refractivity contribution in [3.05, 3.63) is 28.8 Å². The molecule has 1 aromatic carbocycles. The highest BCUT2D eigenvalue weighted by Gasteiger charge is 2.18. The van der Waals surface area contributed by atoms with Crippen molar-refractivity contribution in [1.29, 1.82) is 5.26 Å². The number of benzene rings is 1. The zero-order valence-electron chi connectivity index (χ0n) is 6.89. The fraction of sp³-hybridized carbons (Fsp3) is 0. The van der Waals surface area contributed by atoms with Gasteiger partial charge in [0.2, 0.25) is 0 Å². The van der Waals surface area contributed by atoms with Crippen LogP contribution in [0.2, 0.25) is 0 Å². The molecule has 0 saturated carbocycles. The molecule has 0 aliphatic carbocycles. The molecule has 0 fully saturated rings. The standard InChI is InChI=1S/C9H5NO4/c10-3-5-1-2-7(12)6(4-11)8(5)9(13)14/h1-2,4,12H,(H,13,14). The molecule has 0 aliphatic heterocycles. The molecule has 14 heavy (non-hydrogen) atoms. The van der Waals surface area contributed by atoms with Crippen molar-refractivity contribution < 1.29 is 19.8 Å². The van der Waals surface area contributed by atoms with Crippen LogP contribution in [-0.2, 0) is 0 Å². The Morgan fingerprint density at radius 1 is 1.50 bits per heavy atom. The second kappa shape index (κ2) is 3.58.